The summed E-state index contributed by atoms with van der Waals surface area (Å²) in [6, 6.07) is 6.93. The van der Waals surface area contributed by atoms with Crippen LogP contribution in [0.4, 0.5) is 5.69 Å². The van der Waals surface area contributed by atoms with Crippen molar-refractivity contribution in [3.05, 3.63) is 29.3 Å². The van der Waals surface area contributed by atoms with Gasteiger partial charge in [-0.2, -0.15) is 0 Å². The first-order valence-corrected chi connectivity index (χ1v) is 8.44. The number of carbonyl (C=O) groups is 2. The molecule has 1 aromatic carbocycles. The number of rotatable bonds is 7. The van der Waals surface area contributed by atoms with Crippen LogP contribution in [0.3, 0.4) is 0 Å². The van der Waals surface area contributed by atoms with Gasteiger partial charge in [-0.05, 0) is 49.7 Å². The van der Waals surface area contributed by atoms with Crippen molar-refractivity contribution in [2.24, 2.45) is 11.8 Å². The molecule has 1 saturated heterocycles. The maximum atomic E-state index is 12.6. The Labute approximate surface area is 154 Å². The molecule has 1 unspecified atom stereocenters. The van der Waals surface area contributed by atoms with E-state index in [0.717, 1.165) is 19.5 Å². The number of nitrogens with one attached hydrogen (secondary N) is 2. The van der Waals surface area contributed by atoms with Gasteiger partial charge in [0, 0.05) is 23.2 Å². The van der Waals surface area contributed by atoms with Gasteiger partial charge in [0.1, 0.15) is 0 Å². The Morgan fingerprint density at radius 1 is 1.33 bits per heavy atom. The lowest BCUT2D eigenvalue weighted by Gasteiger charge is -2.34. The highest BCUT2D eigenvalue weighted by Gasteiger charge is 2.31. The summed E-state index contributed by atoms with van der Waals surface area (Å²) in [7, 11) is 0. The first-order valence-electron chi connectivity index (χ1n) is 8.06. The molecule has 5 nitrogen and oxygen atoms in total. The fourth-order valence-corrected chi connectivity index (χ4v) is 2.72. The van der Waals surface area contributed by atoms with Gasteiger partial charge in [0.2, 0.25) is 11.8 Å². The van der Waals surface area contributed by atoms with Gasteiger partial charge >= 0.3 is 0 Å². The van der Waals surface area contributed by atoms with Gasteiger partial charge in [-0.3, -0.25) is 9.59 Å². The molecule has 2 N–H and O–H groups in total. The number of amides is 2. The molecule has 1 aliphatic heterocycles. The van der Waals surface area contributed by atoms with Crippen molar-refractivity contribution in [2.75, 3.05) is 31.5 Å². The van der Waals surface area contributed by atoms with Crippen molar-refractivity contribution in [3.8, 4) is 0 Å². The number of benzene rings is 1. The predicted octanol–water partition coefficient (Wildman–Crippen LogP) is 2.79. The standard InChI is InChI=1S/C17H24ClN3O2.ClH/c1-3-8-21(17(23)12(2)13-9-19-10-13)11-16(22)20-15-6-4-14(18)5-7-15;/h4-7,12-13,19H,3,8-11H2,1-2H3,(H,20,22);1H. The third-order valence-electron chi connectivity index (χ3n) is 4.18. The van der Waals surface area contributed by atoms with Crippen LogP contribution in [0.15, 0.2) is 24.3 Å². The second kappa shape index (κ2) is 9.87. The lowest BCUT2D eigenvalue weighted by atomic mass is 9.88. The van der Waals surface area contributed by atoms with Crippen LogP contribution in [0, 0.1) is 11.8 Å². The van der Waals surface area contributed by atoms with Crippen LogP contribution in [-0.4, -0.2) is 42.9 Å². The number of nitrogens with zero attached hydrogens (tertiary/aromatic N) is 1. The van der Waals surface area contributed by atoms with Crippen LogP contribution in [0.25, 0.3) is 0 Å². The van der Waals surface area contributed by atoms with Gasteiger partial charge in [-0.25, -0.2) is 0 Å². The Hall–Kier alpha value is -1.30. The fraction of sp³-hybridized carbons (Fsp3) is 0.529. The highest BCUT2D eigenvalue weighted by molar-refractivity contribution is 6.30. The lowest BCUT2D eigenvalue weighted by molar-refractivity contribution is -0.140. The molecule has 134 valence electrons. The Bertz CT molecular complexity index is 547. The minimum absolute atomic E-state index is 0. The average molecular weight is 374 g/mol. The van der Waals surface area contributed by atoms with Gasteiger partial charge in [0.15, 0.2) is 0 Å². The molecule has 0 bridgehead atoms. The molecule has 1 atom stereocenters. The molecule has 0 radical (unpaired) electrons. The van der Waals surface area contributed by atoms with E-state index < -0.39 is 0 Å². The topological polar surface area (TPSA) is 61.4 Å². The van der Waals surface area contributed by atoms with Crippen LogP contribution >= 0.6 is 24.0 Å². The monoisotopic (exact) mass is 373 g/mol. The maximum absolute atomic E-state index is 12.6. The van der Waals surface area contributed by atoms with E-state index in [2.05, 4.69) is 10.6 Å². The maximum Gasteiger partial charge on any atom is 0.243 e. The zero-order valence-electron chi connectivity index (χ0n) is 14.0. The molecule has 0 spiro atoms. The molecule has 0 aliphatic carbocycles. The number of hydrogen-bond acceptors (Lipinski definition) is 3. The van der Waals surface area contributed by atoms with E-state index in [1.165, 1.54) is 0 Å². The molecule has 2 amide bonds. The lowest BCUT2D eigenvalue weighted by Crippen LogP contribution is -2.51. The summed E-state index contributed by atoms with van der Waals surface area (Å²) >= 11 is 5.83. The fourth-order valence-electron chi connectivity index (χ4n) is 2.60. The molecule has 7 heteroatoms. The van der Waals surface area contributed by atoms with Crippen LogP contribution in [0.1, 0.15) is 20.3 Å². The first kappa shape index (κ1) is 20.7. The van der Waals surface area contributed by atoms with E-state index in [1.54, 1.807) is 29.2 Å². The van der Waals surface area contributed by atoms with E-state index in [9.17, 15) is 9.59 Å². The zero-order chi connectivity index (χ0) is 16.8. The van der Waals surface area contributed by atoms with Crippen molar-refractivity contribution >= 4 is 41.5 Å². The number of halogens is 2. The Morgan fingerprint density at radius 2 is 1.96 bits per heavy atom. The van der Waals surface area contributed by atoms with Gasteiger partial charge in [-0.15, -0.1) is 12.4 Å². The third-order valence-corrected chi connectivity index (χ3v) is 4.43. The van der Waals surface area contributed by atoms with E-state index in [0.29, 0.717) is 23.2 Å². The summed E-state index contributed by atoms with van der Waals surface area (Å²) in [4.78, 5) is 26.5. The predicted molar refractivity (Wildman–Crippen MR) is 99.7 cm³/mol. The minimum atomic E-state index is -0.187. The van der Waals surface area contributed by atoms with Crippen LogP contribution in [-0.2, 0) is 9.59 Å². The van der Waals surface area contributed by atoms with Crippen LogP contribution in [0.2, 0.25) is 5.02 Å². The van der Waals surface area contributed by atoms with Crippen molar-refractivity contribution in [3.63, 3.8) is 0 Å². The molecule has 1 fully saturated rings. The summed E-state index contributed by atoms with van der Waals surface area (Å²) < 4.78 is 0. The van der Waals surface area contributed by atoms with Crippen LogP contribution in [0.5, 0.6) is 0 Å². The van der Waals surface area contributed by atoms with E-state index in [4.69, 9.17) is 11.6 Å². The summed E-state index contributed by atoms with van der Waals surface area (Å²) in [6.07, 6.45) is 0.829. The van der Waals surface area contributed by atoms with Crippen LogP contribution < -0.4 is 10.6 Å². The van der Waals surface area contributed by atoms with Crippen molar-refractivity contribution in [2.45, 2.75) is 20.3 Å². The smallest absolute Gasteiger partial charge is 0.243 e. The van der Waals surface area contributed by atoms with Crippen molar-refractivity contribution < 1.29 is 9.59 Å². The normalized spacial score (nSPS) is 15.0. The second-order valence-corrected chi connectivity index (χ2v) is 6.46. The second-order valence-electron chi connectivity index (χ2n) is 6.02. The zero-order valence-corrected chi connectivity index (χ0v) is 15.6. The Balaban J connectivity index is 0.00000288. The van der Waals surface area contributed by atoms with Crippen molar-refractivity contribution in [1.82, 2.24) is 10.2 Å². The van der Waals surface area contributed by atoms with Crippen molar-refractivity contribution in [1.29, 1.82) is 0 Å². The molecule has 24 heavy (non-hydrogen) atoms. The molecule has 0 saturated carbocycles. The van der Waals surface area contributed by atoms with E-state index >= 15 is 0 Å². The van der Waals surface area contributed by atoms with Gasteiger partial charge in [-0.1, -0.05) is 25.4 Å². The SMILES string of the molecule is CCCN(CC(=O)Nc1ccc(Cl)cc1)C(=O)C(C)C1CNC1.Cl. The molecular weight excluding hydrogens is 349 g/mol. The van der Waals surface area contributed by atoms with E-state index in [1.807, 2.05) is 13.8 Å². The Kier molecular flexibility index (Phi) is 8.53. The Morgan fingerprint density at radius 3 is 2.46 bits per heavy atom. The van der Waals surface area contributed by atoms with Gasteiger partial charge in [0.05, 0.1) is 6.54 Å². The van der Waals surface area contributed by atoms with E-state index in [-0.39, 0.29) is 36.7 Å². The molecule has 0 aromatic heterocycles. The number of carbonyl (C=O) groups excluding carboxylic acids is 2. The van der Waals surface area contributed by atoms with Gasteiger partial charge < -0.3 is 15.5 Å². The number of anilines is 1. The molecule has 1 aliphatic rings. The summed E-state index contributed by atoms with van der Waals surface area (Å²) in [5.74, 6) is 0.199. The number of hydrogen-bond donors (Lipinski definition) is 2. The molecular formula is C17H25Cl2N3O2. The summed E-state index contributed by atoms with van der Waals surface area (Å²) in [5.41, 5.74) is 0.680. The molecule has 2 rings (SSSR count). The van der Waals surface area contributed by atoms with Gasteiger partial charge in [0.25, 0.3) is 0 Å². The third kappa shape index (κ3) is 5.65. The summed E-state index contributed by atoms with van der Waals surface area (Å²) in [5, 5.41) is 6.61. The quantitative estimate of drug-likeness (QED) is 0.772. The highest BCUT2D eigenvalue weighted by Crippen LogP contribution is 2.19. The minimum Gasteiger partial charge on any atom is -0.333 e. The highest BCUT2D eigenvalue weighted by atomic mass is 35.5. The molecule has 1 aromatic rings. The first-order chi connectivity index (χ1) is 11.0. The molecule has 1 heterocycles. The largest absolute Gasteiger partial charge is 0.333 e. The average Bonchev–Trinajstić information content (AvgIpc) is 2.46. The summed E-state index contributed by atoms with van der Waals surface area (Å²) in [6.45, 7) is 6.39.